The van der Waals surface area contributed by atoms with Gasteiger partial charge in [-0.25, -0.2) is 22.6 Å². The van der Waals surface area contributed by atoms with E-state index in [1.807, 2.05) is 0 Å². The molecule has 0 aliphatic carbocycles. The molecule has 0 amide bonds. The molecular formula is C13H9ClF4N2O4S2. The minimum atomic E-state index is -5.00. The van der Waals surface area contributed by atoms with Crippen LogP contribution in [0.15, 0.2) is 23.1 Å². The van der Waals surface area contributed by atoms with Crippen LogP contribution in [-0.2, 0) is 20.9 Å². The first kappa shape index (κ1) is 20.4. The Morgan fingerprint density at radius 3 is 2.58 bits per heavy atom. The lowest BCUT2D eigenvalue weighted by Crippen LogP contribution is -2.15. The zero-order chi connectivity index (χ0) is 19.7. The van der Waals surface area contributed by atoms with Gasteiger partial charge >= 0.3 is 12.1 Å². The Morgan fingerprint density at radius 2 is 2.04 bits per heavy atom. The summed E-state index contributed by atoms with van der Waals surface area (Å²) in [5.74, 6) is -2.09. The molecule has 0 spiro atoms. The lowest BCUT2D eigenvalue weighted by molar-refractivity contribution is -0.141. The van der Waals surface area contributed by atoms with Gasteiger partial charge < -0.3 is 4.74 Å². The number of anilines is 1. The summed E-state index contributed by atoms with van der Waals surface area (Å²) in [5, 5.41) is -1.20. The number of hydrogen-bond acceptors (Lipinski definition) is 6. The SMILES string of the molecule is CCOC(=O)c1sc(NS(=O)(=O)c2ccc(F)cc2Cl)nc1C(F)(F)F. The molecule has 0 unspecified atom stereocenters. The summed E-state index contributed by atoms with van der Waals surface area (Å²) < 4.78 is 82.9. The van der Waals surface area contributed by atoms with Gasteiger partial charge in [0.25, 0.3) is 10.0 Å². The average molecular weight is 433 g/mol. The fourth-order valence-electron chi connectivity index (χ4n) is 1.75. The first-order chi connectivity index (χ1) is 12.0. The maximum absolute atomic E-state index is 13.0. The lowest BCUT2D eigenvalue weighted by Gasteiger charge is -2.07. The number of hydrogen-bond donors (Lipinski definition) is 1. The highest BCUT2D eigenvalue weighted by atomic mass is 35.5. The smallest absolute Gasteiger partial charge is 0.435 e. The Balaban J connectivity index is 2.44. The van der Waals surface area contributed by atoms with Crippen molar-refractivity contribution in [3.05, 3.63) is 39.6 Å². The summed E-state index contributed by atoms with van der Waals surface area (Å²) in [6.45, 7) is 1.21. The van der Waals surface area contributed by atoms with E-state index in [-0.39, 0.29) is 17.9 Å². The van der Waals surface area contributed by atoms with Crippen molar-refractivity contribution in [2.45, 2.75) is 18.0 Å². The molecule has 6 nitrogen and oxygen atoms in total. The van der Waals surface area contributed by atoms with E-state index in [0.717, 1.165) is 18.2 Å². The largest absolute Gasteiger partial charge is 0.462 e. The number of esters is 1. The molecule has 0 atom stereocenters. The van der Waals surface area contributed by atoms with Crippen molar-refractivity contribution in [3.8, 4) is 0 Å². The molecular weight excluding hydrogens is 424 g/mol. The highest BCUT2D eigenvalue weighted by Gasteiger charge is 2.40. The minimum Gasteiger partial charge on any atom is -0.462 e. The molecule has 0 bridgehead atoms. The van der Waals surface area contributed by atoms with E-state index in [4.69, 9.17) is 11.6 Å². The molecule has 0 fully saturated rings. The minimum absolute atomic E-state index is 0.152. The van der Waals surface area contributed by atoms with Crippen molar-refractivity contribution in [3.63, 3.8) is 0 Å². The van der Waals surface area contributed by atoms with Crippen molar-refractivity contribution in [2.24, 2.45) is 0 Å². The Morgan fingerprint density at radius 1 is 1.38 bits per heavy atom. The second-order valence-electron chi connectivity index (χ2n) is 4.60. The third-order valence-corrected chi connectivity index (χ3v) is 5.66. The number of rotatable bonds is 5. The number of thiazole rings is 1. The van der Waals surface area contributed by atoms with Gasteiger partial charge in [0.1, 0.15) is 15.6 Å². The van der Waals surface area contributed by atoms with Gasteiger partial charge in [0.15, 0.2) is 10.8 Å². The van der Waals surface area contributed by atoms with Crippen molar-refractivity contribution in [1.29, 1.82) is 0 Å². The Bertz CT molecular complexity index is 944. The summed E-state index contributed by atoms with van der Waals surface area (Å²) in [5.41, 5.74) is -1.58. The number of aromatic nitrogens is 1. The molecule has 1 aromatic carbocycles. The molecule has 0 aliphatic rings. The van der Waals surface area contributed by atoms with E-state index in [0.29, 0.717) is 0 Å². The van der Waals surface area contributed by atoms with E-state index in [1.165, 1.54) is 6.92 Å². The summed E-state index contributed by atoms with van der Waals surface area (Å²) in [6, 6.07) is 2.38. The summed E-state index contributed by atoms with van der Waals surface area (Å²) in [7, 11) is -4.47. The first-order valence-corrected chi connectivity index (χ1v) is 9.36. The van der Waals surface area contributed by atoms with Gasteiger partial charge in [-0.2, -0.15) is 13.2 Å². The molecule has 0 saturated heterocycles. The second kappa shape index (κ2) is 7.37. The van der Waals surface area contributed by atoms with Gasteiger partial charge in [0.05, 0.1) is 11.6 Å². The van der Waals surface area contributed by atoms with Crippen LogP contribution in [0.25, 0.3) is 0 Å². The molecule has 0 radical (unpaired) electrons. The van der Waals surface area contributed by atoms with E-state index < -0.39 is 53.6 Å². The number of carbonyl (C=O) groups excluding carboxylic acids is 1. The van der Waals surface area contributed by atoms with Crippen LogP contribution >= 0.6 is 22.9 Å². The van der Waals surface area contributed by atoms with Crippen molar-refractivity contribution < 1.29 is 35.5 Å². The summed E-state index contributed by atoms with van der Waals surface area (Å²) in [4.78, 5) is 13.3. The maximum Gasteiger partial charge on any atom is 0.435 e. The van der Waals surface area contributed by atoms with Crippen molar-refractivity contribution >= 4 is 44.1 Å². The van der Waals surface area contributed by atoms with Gasteiger partial charge in [0.2, 0.25) is 0 Å². The van der Waals surface area contributed by atoms with Crippen LogP contribution < -0.4 is 4.72 Å². The third-order valence-electron chi connectivity index (χ3n) is 2.76. The monoisotopic (exact) mass is 432 g/mol. The normalized spacial score (nSPS) is 12.1. The van der Waals surface area contributed by atoms with Crippen LogP contribution in [-0.4, -0.2) is 26.0 Å². The number of benzene rings is 1. The zero-order valence-electron chi connectivity index (χ0n) is 12.7. The van der Waals surface area contributed by atoms with Gasteiger partial charge in [-0.3, -0.25) is 4.72 Å². The number of ether oxygens (including phenoxy) is 1. The van der Waals surface area contributed by atoms with E-state index >= 15 is 0 Å². The molecule has 13 heteroatoms. The van der Waals surface area contributed by atoms with Crippen LogP contribution in [0.1, 0.15) is 22.3 Å². The van der Waals surface area contributed by atoms with Crippen LogP contribution in [0.2, 0.25) is 5.02 Å². The van der Waals surface area contributed by atoms with Gasteiger partial charge in [-0.1, -0.05) is 22.9 Å². The van der Waals surface area contributed by atoms with Crippen LogP contribution in [0.5, 0.6) is 0 Å². The van der Waals surface area contributed by atoms with Gasteiger partial charge in [0, 0.05) is 0 Å². The lowest BCUT2D eigenvalue weighted by atomic mass is 10.3. The van der Waals surface area contributed by atoms with E-state index in [9.17, 15) is 30.8 Å². The number of alkyl halides is 3. The molecule has 2 aromatic rings. The predicted molar refractivity (Wildman–Crippen MR) is 85.3 cm³/mol. The van der Waals surface area contributed by atoms with Crippen LogP contribution in [0.3, 0.4) is 0 Å². The Hall–Kier alpha value is -1.92. The number of sulfonamides is 1. The zero-order valence-corrected chi connectivity index (χ0v) is 15.1. The predicted octanol–water partition coefficient (Wildman–Crippen LogP) is 3.93. The number of nitrogens with one attached hydrogen (secondary N) is 1. The van der Waals surface area contributed by atoms with E-state index in [1.54, 1.807) is 4.72 Å². The van der Waals surface area contributed by atoms with Crippen LogP contribution in [0, 0.1) is 5.82 Å². The highest BCUT2D eigenvalue weighted by molar-refractivity contribution is 7.93. The fraction of sp³-hybridized carbons (Fsp3) is 0.231. The first-order valence-electron chi connectivity index (χ1n) is 6.68. The average Bonchev–Trinajstić information content (AvgIpc) is 2.90. The van der Waals surface area contributed by atoms with Crippen LogP contribution in [0.4, 0.5) is 22.7 Å². The van der Waals surface area contributed by atoms with Gasteiger partial charge in [-0.15, -0.1) is 0 Å². The van der Waals surface area contributed by atoms with Crippen molar-refractivity contribution in [2.75, 3.05) is 11.3 Å². The summed E-state index contributed by atoms with van der Waals surface area (Å²) in [6.07, 6.45) is -5.00. The molecule has 1 aromatic heterocycles. The van der Waals surface area contributed by atoms with Crippen molar-refractivity contribution in [1.82, 2.24) is 4.98 Å². The standard InChI is InChI=1S/C13H9ClF4N2O4S2/c1-2-24-11(21)9-10(13(16,17)18)19-12(25-9)20-26(22,23)8-4-3-6(15)5-7(8)14/h3-5H,2H2,1H3,(H,19,20). The molecule has 0 saturated carbocycles. The Kier molecular flexibility index (Phi) is 5.78. The molecule has 1 heterocycles. The maximum atomic E-state index is 13.0. The summed E-state index contributed by atoms with van der Waals surface area (Å²) >= 11 is 5.80. The second-order valence-corrected chi connectivity index (χ2v) is 7.65. The highest BCUT2D eigenvalue weighted by Crippen LogP contribution is 2.37. The molecule has 1 N–H and O–H groups in total. The molecule has 2 rings (SSSR count). The molecule has 26 heavy (non-hydrogen) atoms. The van der Waals surface area contributed by atoms with Gasteiger partial charge in [-0.05, 0) is 25.1 Å². The molecule has 142 valence electrons. The number of carbonyl (C=O) groups is 1. The fourth-order valence-corrected chi connectivity index (χ4v) is 4.40. The number of nitrogens with zero attached hydrogens (tertiary/aromatic N) is 1. The third kappa shape index (κ3) is 4.43. The topological polar surface area (TPSA) is 85.4 Å². The molecule has 0 aliphatic heterocycles. The number of halogens is 5. The Labute approximate surface area is 153 Å². The quantitative estimate of drug-likeness (QED) is 0.571. The van der Waals surface area contributed by atoms with E-state index in [2.05, 4.69) is 9.72 Å².